The van der Waals surface area contributed by atoms with E-state index in [9.17, 15) is 5.11 Å². The third kappa shape index (κ3) is 2.72. The fourth-order valence-corrected chi connectivity index (χ4v) is 3.75. The molecule has 3 N–H and O–H groups in total. The van der Waals surface area contributed by atoms with E-state index >= 15 is 0 Å². The Kier molecular flexibility index (Phi) is 4.28. The molecule has 1 heterocycles. The predicted molar refractivity (Wildman–Crippen MR) is 89.0 cm³/mol. The normalized spacial score (nSPS) is 22.9. The maximum Gasteiger partial charge on any atom is 0.183 e. The molecular formula is C16H17Br2NO2. The second-order valence-electron chi connectivity index (χ2n) is 5.68. The number of aryl methyl sites for hydroxylation is 1. The molecule has 0 aliphatic heterocycles. The molecule has 2 unspecified atom stereocenters. The van der Waals surface area contributed by atoms with Crippen LogP contribution in [0.5, 0.6) is 0 Å². The summed E-state index contributed by atoms with van der Waals surface area (Å²) < 4.78 is 7.01. The van der Waals surface area contributed by atoms with Gasteiger partial charge >= 0.3 is 0 Å². The SMILES string of the molecule is NCC1(C(O)c2cc(Br)c(Br)o2)CCc2ccccc2C1. The van der Waals surface area contributed by atoms with E-state index in [4.69, 9.17) is 10.2 Å². The number of halogens is 2. The van der Waals surface area contributed by atoms with Crippen molar-refractivity contribution < 1.29 is 9.52 Å². The number of hydrogen-bond donors (Lipinski definition) is 2. The molecular weight excluding hydrogens is 398 g/mol. The van der Waals surface area contributed by atoms with Crippen molar-refractivity contribution in [1.82, 2.24) is 0 Å². The van der Waals surface area contributed by atoms with Crippen molar-refractivity contribution in [2.75, 3.05) is 6.54 Å². The average molecular weight is 415 g/mol. The third-order valence-electron chi connectivity index (χ3n) is 4.47. The highest BCUT2D eigenvalue weighted by Gasteiger charge is 2.42. The largest absolute Gasteiger partial charge is 0.450 e. The van der Waals surface area contributed by atoms with Crippen molar-refractivity contribution in [3.8, 4) is 0 Å². The summed E-state index contributed by atoms with van der Waals surface area (Å²) in [7, 11) is 0. The predicted octanol–water partition coefficient (Wildman–Crippen LogP) is 3.97. The van der Waals surface area contributed by atoms with Crippen molar-refractivity contribution >= 4 is 31.9 Å². The Morgan fingerprint density at radius 1 is 1.29 bits per heavy atom. The quantitative estimate of drug-likeness (QED) is 0.798. The Balaban J connectivity index is 1.94. The molecule has 2 aromatic rings. The van der Waals surface area contributed by atoms with Gasteiger partial charge in [0.05, 0.1) is 4.47 Å². The number of benzene rings is 1. The lowest BCUT2D eigenvalue weighted by atomic mass is 9.67. The van der Waals surface area contributed by atoms with Crippen molar-refractivity contribution in [1.29, 1.82) is 0 Å². The second kappa shape index (κ2) is 5.88. The maximum absolute atomic E-state index is 10.8. The van der Waals surface area contributed by atoms with E-state index in [2.05, 4.69) is 50.1 Å². The molecule has 0 fully saturated rings. The number of nitrogens with two attached hydrogens (primary N) is 1. The Morgan fingerprint density at radius 2 is 2.00 bits per heavy atom. The van der Waals surface area contributed by atoms with Gasteiger partial charge in [-0.15, -0.1) is 0 Å². The van der Waals surface area contributed by atoms with Crippen LogP contribution in [-0.4, -0.2) is 11.7 Å². The summed E-state index contributed by atoms with van der Waals surface area (Å²) in [6.45, 7) is 0.429. The third-order valence-corrected chi connectivity index (χ3v) is 6.18. The number of hydrogen-bond acceptors (Lipinski definition) is 3. The van der Waals surface area contributed by atoms with Crippen LogP contribution in [0.2, 0.25) is 0 Å². The first-order chi connectivity index (χ1) is 10.1. The summed E-state index contributed by atoms with van der Waals surface area (Å²) >= 11 is 6.71. The smallest absolute Gasteiger partial charge is 0.183 e. The summed E-state index contributed by atoms with van der Waals surface area (Å²) in [6, 6.07) is 10.2. The van der Waals surface area contributed by atoms with Gasteiger partial charge in [-0.05, 0) is 68.3 Å². The summed E-state index contributed by atoms with van der Waals surface area (Å²) in [5, 5.41) is 10.8. The van der Waals surface area contributed by atoms with Gasteiger partial charge in [-0.25, -0.2) is 0 Å². The molecule has 0 spiro atoms. The Hall–Kier alpha value is -0.620. The van der Waals surface area contributed by atoms with Crippen molar-refractivity contribution in [3.05, 3.63) is 56.4 Å². The Morgan fingerprint density at radius 3 is 2.62 bits per heavy atom. The van der Waals surface area contributed by atoms with Crippen LogP contribution in [-0.2, 0) is 12.8 Å². The van der Waals surface area contributed by atoms with Crippen LogP contribution >= 0.6 is 31.9 Å². The molecule has 0 saturated carbocycles. The van der Waals surface area contributed by atoms with Gasteiger partial charge in [0.1, 0.15) is 11.9 Å². The van der Waals surface area contributed by atoms with Crippen LogP contribution in [0.4, 0.5) is 0 Å². The highest BCUT2D eigenvalue weighted by molar-refractivity contribution is 9.13. The first kappa shape index (κ1) is 15.3. The lowest BCUT2D eigenvalue weighted by Gasteiger charge is -2.40. The molecule has 2 atom stereocenters. The standard InChI is InChI=1S/C16H17Br2NO2/c17-12-7-13(21-15(12)18)14(20)16(9-19)6-5-10-3-1-2-4-11(10)8-16/h1-4,7,14,20H,5-6,8-9,19H2. The molecule has 0 amide bonds. The Labute approximate surface area is 140 Å². The number of aliphatic hydroxyl groups is 1. The highest BCUT2D eigenvalue weighted by Crippen LogP contribution is 2.45. The first-order valence-corrected chi connectivity index (χ1v) is 8.54. The first-order valence-electron chi connectivity index (χ1n) is 6.95. The molecule has 112 valence electrons. The van der Waals surface area contributed by atoms with Gasteiger partial charge in [-0.1, -0.05) is 24.3 Å². The molecule has 3 nitrogen and oxygen atoms in total. The molecule has 1 aromatic carbocycles. The van der Waals surface area contributed by atoms with E-state index in [1.807, 2.05) is 12.1 Å². The fraction of sp³-hybridized carbons (Fsp3) is 0.375. The van der Waals surface area contributed by atoms with Gasteiger partial charge in [-0.2, -0.15) is 0 Å². The van der Waals surface area contributed by atoms with E-state index in [0.29, 0.717) is 17.0 Å². The van der Waals surface area contributed by atoms with Crippen LogP contribution in [0, 0.1) is 5.41 Å². The summed E-state index contributed by atoms with van der Waals surface area (Å²) in [4.78, 5) is 0. The van der Waals surface area contributed by atoms with Crippen LogP contribution in [0.3, 0.4) is 0 Å². The topological polar surface area (TPSA) is 59.4 Å². The number of rotatable bonds is 3. The molecule has 0 radical (unpaired) electrons. The van der Waals surface area contributed by atoms with Crippen molar-refractivity contribution in [3.63, 3.8) is 0 Å². The van der Waals surface area contributed by atoms with Crippen LogP contribution in [0.25, 0.3) is 0 Å². The van der Waals surface area contributed by atoms with Gasteiger partial charge in [0, 0.05) is 12.0 Å². The lowest BCUT2D eigenvalue weighted by molar-refractivity contribution is 0.00182. The van der Waals surface area contributed by atoms with Gasteiger partial charge in [-0.3, -0.25) is 0 Å². The van der Waals surface area contributed by atoms with E-state index < -0.39 is 6.10 Å². The minimum atomic E-state index is -0.710. The van der Waals surface area contributed by atoms with Gasteiger partial charge < -0.3 is 15.3 Å². The number of fused-ring (bicyclic) bond motifs is 1. The summed E-state index contributed by atoms with van der Waals surface area (Å²) in [5.74, 6) is 0.554. The molecule has 1 aliphatic carbocycles. The van der Waals surface area contributed by atoms with Crippen LogP contribution in [0.15, 0.2) is 43.9 Å². The zero-order chi connectivity index (χ0) is 15.0. The lowest BCUT2D eigenvalue weighted by Crippen LogP contribution is -2.41. The highest BCUT2D eigenvalue weighted by atomic mass is 79.9. The van der Waals surface area contributed by atoms with Crippen LogP contribution in [0.1, 0.15) is 29.4 Å². The molecule has 0 bridgehead atoms. The maximum atomic E-state index is 10.8. The summed E-state index contributed by atoms with van der Waals surface area (Å²) in [6.07, 6.45) is 1.86. The summed E-state index contributed by atoms with van der Waals surface area (Å²) in [5.41, 5.74) is 8.32. The number of aliphatic hydroxyl groups excluding tert-OH is 1. The minimum Gasteiger partial charge on any atom is -0.450 e. The van der Waals surface area contributed by atoms with Crippen molar-refractivity contribution in [2.24, 2.45) is 11.1 Å². The molecule has 1 aromatic heterocycles. The van der Waals surface area contributed by atoms with Gasteiger partial charge in [0.2, 0.25) is 0 Å². The van der Waals surface area contributed by atoms with E-state index in [1.165, 1.54) is 11.1 Å². The van der Waals surface area contributed by atoms with Gasteiger partial charge in [0.25, 0.3) is 0 Å². The van der Waals surface area contributed by atoms with Crippen molar-refractivity contribution in [2.45, 2.75) is 25.4 Å². The minimum absolute atomic E-state index is 0.370. The molecule has 0 saturated heterocycles. The van der Waals surface area contributed by atoms with E-state index in [-0.39, 0.29) is 5.41 Å². The average Bonchev–Trinajstić information content (AvgIpc) is 2.85. The molecule has 3 rings (SSSR count). The fourth-order valence-electron chi connectivity index (χ4n) is 3.14. The monoisotopic (exact) mass is 413 g/mol. The molecule has 21 heavy (non-hydrogen) atoms. The van der Waals surface area contributed by atoms with Crippen LogP contribution < -0.4 is 5.73 Å². The Bertz CT molecular complexity index is 636. The zero-order valence-electron chi connectivity index (χ0n) is 11.5. The zero-order valence-corrected chi connectivity index (χ0v) is 14.7. The molecule has 1 aliphatic rings. The van der Waals surface area contributed by atoms with E-state index in [0.717, 1.165) is 23.7 Å². The van der Waals surface area contributed by atoms with Gasteiger partial charge in [0.15, 0.2) is 4.67 Å². The molecule has 5 heteroatoms. The van der Waals surface area contributed by atoms with E-state index in [1.54, 1.807) is 0 Å². The second-order valence-corrected chi connectivity index (χ2v) is 7.26. The number of furan rings is 1.